The second-order valence-corrected chi connectivity index (χ2v) is 7.53. The van der Waals surface area contributed by atoms with Crippen molar-refractivity contribution in [2.45, 2.75) is 110 Å². The fourth-order valence-electron chi connectivity index (χ4n) is 3.20. The van der Waals surface area contributed by atoms with Gasteiger partial charge in [-0.3, -0.25) is 14.4 Å². The summed E-state index contributed by atoms with van der Waals surface area (Å²) in [4.78, 5) is 35.6. The maximum Gasteiger partial charge on any atom is 0.303 e. The molecule has 0 saturated carbocycles. The Labute approximate surface area is 165 Å². The highest BCUT2D eigenvalue weighted by molar-refractivity contribution is 6.01. The molecule has 27 heavy (non-hydrogen) atoms. The summed E-state index contributed by atoms with van der Waals surface area (Å²) in [6.07, 6.45) is 13.3. The van der Waals surface area contributed by atoms with Crippen molar-refractivity contribution in [3.63, 3.8) is 0 Å². The summed E-state index contributed by atoms with van der Waals surface area (Å²) in [7, 11) is 0. The average Bonchev–Trinajstić information content (AvgIpc) is 2.63. The number of nitrogens with one attached hydrogen (secondary N) is 1. The van der Waals surface area contributed by atoms with Crippen LogP contribution in [0.4, 0.5) is 0 Å². The highest BCUT2D eigenvalue weighted by atomic mass is 16.4. The largest absolute Gasteiger partial charge is 0.481 e. The van der Waals surface area contributed by atoms with Gasteiger partial charge in [-0.2, -0.15) is 0 Å². The third-order valence-electron chi connectivity index (χ3n) is 4.94. The maximum absolute atomic E-state index is 12.6. The molecule has 0 aliphatic carbocycles. The lowest BCUT2D eigenvalue weighted by Gasteiger charge is -2.16. The predicted octanol–water partition coefficient (Wildman–Crippen LogP) is 5.26. The first kappa shape index (κ1) is 25.6. The Morgan fingerprint density at radius 1 is 0.741 bits per heavy atom. The van der Waals surface area contributed by atoms with Crippen molar-refractivity contribution in [2.24, 2.45) is 5.92 Å². The molecule has 0 rings (SSSR count). The standard InChI is InChI=1S/C22H41NO4/c1-3-5-7-9-12-16-20(24)19(15-11-8-6-4-2)22(27)23-18-14-10-13-17-21(25)26/h19H,3-18H2,1-2H3,(H,23,27)(H,25,26). The molecule has 158 valence electrons. The highest BCUT2D eigenvalue weighted by Crippen LogP contribution is 2.17. The number of carbonyl (C=O) groups excluding carboxylic acids is 2. The van der Waals surface area contributed by atoms with Gasteiger partial charge in [0.05, 0.1) is 5.92 Å². The molecule has 0 aromatic heterocycles. The van der Waals surface area contributed by atoms with Gasteiger partial charge in [0.15, 0.2) is 0 Å². The first-order valence-corrected chi connectivity index (χ1v) is 11.0. The topological polar surface area (TPSA) is 83.5 Å². The van der Waals surface area contributed by atoms with Crippen LogP contribution in [0, 0.1) is 5.92 Å². The van der Waals surface area contributed by atoms with Crippen LogP contribution in [0.1, 0.15) is 110 Å². The number of amides is 1. The van der Waals surface area contributed by atoms with Gasteiger partial charge in [0, 0.05) is 19.4 Å². The summed E-state index contributed by atoms with van der Waals surface area (Å²) in [5, 5.41) is 11.5. The average molecular weight is 384 g/mol. The predicted molar refractivity (Wildman–Crippen MR) is 110 cm³/mol. The molecular formula is C22H41NO4. The Balaban J connectivity index is 4.26. The minimum Gasteiger partial charge on any atom is -0.481 e. The third-order valence-corrected chi connectivity index (χ3v) is 4.94. The van der Waals surface area contributed by atoms with Gasteiger partial charge in [-0.25, -0.2) is 0 Å². The molecular weight excluding hydrogens is 342 g/mol. The summed E-state index contributed by atoms with van der Waals surface area (Å²) >= 11 is 0. The zero-order chi connectivity index (χ0) is 20.3. The molecule has 0 aromatic carbocycles. The van der Waals surface area contributed by atoms with Gasteiger partial charge >= 0.3 is 5.97 Å². The molecule has 1 atom stereocenters. The molecule has 0 aliphatic heterocycles. The molecule has 0 spiro atoms. The minimum atomic E-state index is -0.782. The van der Waals surface area contributed by atoms with Crippen LogP contribution in [0.15, 0.2) is 0 Å². The summed E-state index contributed by atoms with van der Waals surface area (Å²) in [5.41, 5.74) is 0. The van der Waals surface area contributed by atoms with Crippen molar-refractivity contribution < 1.29 is 19.5 Å². The van der Waals surface area contributed by atoms with Crippen LogP contribution in [-0.4, -0.2) is 29.3 Å². The van der Waals surface area contributed by atoms with Gasteiger partial charge in [0.1, 0.15) is 5.78 Å². The van der Waals surface area contributed by atoms with E-state index in [4.69, 9.17) is 5.11 Å². The van der Waals surface area contributed by atoms with Crippen LogP contribution in [-0.2, 0) is 14.4 Å². The lowest BCUT2D eigenvalue weighted by molar-refractivity contribution is -0.137. The van der Waals surface area contributed by atoms with E-state index >= 15 is 0 Å². The van der Waals surface area contributed by atoms with Gasteiger partial charge in [0.2, 0.25) is 5.91 Å². The number of unbranched alkanes of at least 4 members (excludes halogenated alkanes) is 9. The quantitative estimate of drug-likeness (QED) is 0.235. The van der Waals surface area contributed by atoms with Crippen molar-refractivity contribution in [1.82, 2.24) is 5.32 Å². The second kappa shape index (κ2) is 18.0. The van der Waals surface area contributed by atoms with Crippen LogP contribution >= 0.6 is 0 Å². The molecule has 0 aromatic rings. The van der Waals surface area contributed by atoms with Gasteiger partial charge in [0.25, 0.3) is 0 Å². The molecule has 5 heteroatoms. The van der Waals surface area contributed by atoms with E-state index in [1.54, 1.807) is 0 Å². The number of ketones is 1. The summed E-state index contributed by atoms with van der Waals surface area (Å²) in [5.74, 6) is -1.34. The Bertz CT molecular complexity index is 409. The smallest absolute Gasteiger partial charge is 0.303 e. The minimum absolute atomic E-state index is 0.0892. The zero-order valence-corrected chi connectivity index (χ0v) is 17.6. The van der Waals surface area contributed by atoms with Crippen LogP contribution < -0.4 is 5.32 Å². The van der Waals surface area contributed by atoms with E-state index in [-0.39, 0.29) is 18.1 Å². The van der Waals surface area contributed by atoms with Crippen LogP contribution in [0.3, 0.4) is 0 Å². The molecule has 0 bridgehead atoms. The molecule has 1 amide bonds. The first-order chi connectivity index (χ1) is 13.0. The fraction of sp³-hybridized carbons (Fsp3) is 0.864. The fourth-order valence-corrected chi connectivity index (χ4v) is 3.20. The number of rotatable bonds is 19. The Morgan fingerprint density at radius 2 is 1.30 bits per heavy atom. The summed E-state index contributed by atoms with van der Waals surface area (Å²) < 4.78 is 0. The molecule has 2 N–H and O–H groups in total. The van der Waals surface area contributed by atoms with Gasteiger partial charge in [-0.05, 0) is 25.7 Å². The number of carbonyl (C=O) groups is 3. The van der Waals surface area contributed by atoms with Gasteiger partial charge < -0.3 is 10.4 Å². The number of hydrogen-bond donors (Lipinski definition) is 2. The molecule has 0 heterocycles. The molecule has 0 radical (unpaired) electrons. The van der Waals surface area contributed by atoms with E-state index in [0.717, 1.165) is 57.8 Å². The molecule has 0 saturated heterocycles. The Hall–Kier alpha value is -1.39. The SMILES string of the molecule is CCCCCCCC(=O)C(CCCCCC)C(=O)NCCCCCC(=O)O. The van der Waals surface area contributed by atoms with Crippen molar-refractivity contribution >= 4 is 17.7 Å². The van der Waals surface area contributed by atoms with Gasteiger partial charge in [-0.15, -0.1) is 0 Å². The Kier molecular flexibility index (Phi) is 17.1. The number of aliphatic carboxylic acids is 1. The zero-order valence-electron chi connectivity index (χ0n) is 17.6. The second-order valence-electron chi connectivity index (χ2n) is 7.53. The monoisotopic (exact) mass is 383 g/mol. The number of hydrogen-bond acceptors (Lipinski definition) is 3. The molecule has 0 aliphatic rings. The summed E-state index contributed by atoms with van der Waals surface area (Å²) in [6, 6.07) is 0. The van der Waals surface area contributed by atoms with E-state index in [1.807, 2.05) is 0 Å². The van der Waals surface area contributed by atoms with E-state index in [9.17, 15) is 14.4 Å². The molecule has 5 nitrogen and oxygen atoms in total. The van der Waals surface area contributed by atoms with Crippen molar-refractivity contribution in [1.29, 1.82) is 0 Å². The van der Waals surface area contributed by atoms with Gasteiger partial charge in [-0.1, -0.05) is 71.6 Å². The lowest BCUT2D eigenvalue weighted by Crippen LogP contribution is -2.36. The van der Waals surface area contributed by atoms with Crippen molar-refractivity contribution in [3.8, 4) is 0 Å². The van der Waals surface area contributed by atoms with E-state index in [1.165, 1.54) is 12.8 Å². The number of carboxylic acid groups (broad SMARTS) is 1. The molecule has 1 unspecified atom stereocenters. The molecule has 0 fully saturated rings. The van der Waals surface area contributed by atoms with E-state index in [0.29, 0.717) is 25.8 Å². The maximum atomic E-state index is 12.6. The van der Waals surface area contributed by atoms with Crippen molar-refractivity contribution in [2.75, 3.05) is 6.54 Å². The van der Waals surface area contributed by atoms with Crippen LogP contribution in [0.5, 0.6) is 0 Å². The Morgan fingerprint density at radius 3 is 1.93 bits per heavy atom. The highest BCUT2D eigenvalue weighted by Gasteiger charge is 2.25. The number of Topliss-reactive ketones (excluding diaryl/α,β-unsaturated/α-hetero) is 1. The van der Waals surface area contributed by atoms with Crippen LogP contribution in [0.25, 0.3) is 0 Å². The third kappa shape index (κ3) is 15.4. The number of carboxylic acids is 1. The summed E-state index contributed by atoms with van der Waals surface area (Å²) in [6.45, 7) is 4.84. The lowest BCUT2D eigenvalue weighted by atomic mass is 9.92. The normalized spacial score (nSPS) is 11.9. The van der Waals surface area contributed by atoms with Crippen molar-refractivity contribution in [3.05, 3.63) is 0 Å². The van der Waals surface area contributed by atoms with Crippen LogP contribution in [0.2, 0.25) is 0 Å². The first-order valence-electron chi connectivity index (χ1n) is 11.0. The van der Waals surface area contributed by atoms with E-state index < -0.39 is 11.9 Å². The van der Waals surface area contributed by atoms with E-state index in [2.05, 4.69) is 19.2 Å².